The maximum absolute atomic E-state index is 10.6. The molecule has 0 aliphatic heterocycles. The van der Waals surface area contributed by atoms with Crippen LogP contribution >= 0.6 is 0 Å². The third kappa shape index (κ3) is 3.38. The minimum absolute atomic E-state index is 0.439. The van der Waals surface area contributed by atoms with E-state index >= 15 is 0 Å². The van der Waals surface area contributed by atoms with Gasteiger partial charge < -0.3 is 10.0 Å². The Morgan fingerprint density at radius 1 is 1.10 bits per heavy atom. The van der Waals surface area contributed by atoms with Gasteiger partial charge in [-0.15, -0.1) is 0 Å². The molecule has 0 aliphatic rings. The number of likely N-dealkylation sites (N-methyl/N-ethyl adjacent to an activating group) is 1. The van der Waals surface area contributed by atoms with E-state index in [1.807, 2.05) is 24.3 Å². The molecule has 2 unspecified atom stereocenters. The summed E-state index contributed by atoms with van der Waals surface area (Å²) in [5, 5.41) is 12.9. The number of aliphatic hydroxyl groups excluding tert-OH is 1. The summed E-state index contributed by atoms with van der Waals surface area (Å²) in [6.07, 6.45) is 1.90. The number of rotatable bonds is 6. The highest BCUT2D eigenvalue weighted by Gasteiger charge is 2.16. The molecule has 1 N–H and O–H groups in total. The Morgan fingerprint density at radius 2 is 1.80 bits per heavy atom. The molecule has 20 heavy (non-hydrogen) atoms. The standard InChI is InChI=1S/C18H25NO/c1-4-8-14(2)19(3)13-18(20)17-12-7-10-15-9-5-6-11-16(15)17/h5-7,9-12,14,18,20H,4,8,13H2,1-3H3. The average Bonchev–Trinajstić information content (AvgIpc) is 2.46. The second-order valence-electron chi connectivity index (χ2n) is 5.66. The van der Waals surface area contributed by atoms with Crippen molar-refractivity contribution < 1.29 is 5.11 Å². The number of hydrogen-bond acceptors (Lipinski definition) is 2. The van der Waals surface area contributed by atoms with E-state index in [2.05, 4.69) is 44.0 Å². The molecule has 2 rings (SSSR count). The van der Waals surface area contributed by atoms with Gasteiger partial charge in [-0.2, -0.15) is 0 Å². The van der Waals surface area contributed by atoms with Crippen LogP contribution in [-0.4, -0.2) is 29.6 Å². The summed E-state index contributed by atoms with van der Waals surface area (Å²) in [5.41, 5.74) is 1.03. The highest BCUT2D eigenvalue weighted by molar-refractivity contribution is 5.85. The minimum Gasteiger partial charge on any atom is -0.387 e. The molecule has 0 heterocycles. The van der Waals surface area contributed by atoms with Crippen molar-refractivity contribution in [3.63, 3.8) is 0 Å². The molecular formula is C18H25NO. The lowest BCUT2D eigenvalue weighted by Crippen LogP contribution is -2.32. The van der Waals surface area contributed by atoms with E-state index in [0.29, 0.717) is 12.6 Å². The predicted molar refractivity (Wildman–Crippen MR) is 85.9 cm³/mol. The van der Waals surface area contributed by atoms with Crippen LogP contribution in [0.3, 0.4) is 0 Å². The fraction of sp³-hybridized carbons (Fsp3) is 0.444. The third-order valence-corrected chi connectivity index (χ3v) is 4.10. The molecule has 0 bridgehead atoms. The number of hydrogen-bond donors (Lipinski definition) is 1. The fourth-order valence-electron chi connectivity index (χ4n) is 2.73. The van der Waals surface area contributed by atoms with Gasteiger partial charge in [0.2, 0.25) is 0 Å². The van der Waals surface area contributed by atoms with E-state index in [0.717, 1.165) is 10.9 Å². The lowest BCUT2D eigenvalue weighted by Gasteiger charge is -2.27. The predicted octanol–water partition coefficient (Wildman–Crippen LogP) is 3.99. The quantitative estimate of drug-likeness (QED) is 0.858. The van der Waals surface area contributed by atoms with Crippen LogP contribution in [-0.2, 0) is 0 Å². The molecule has 0 aromatic heterocycles. The summed E-state index contributed by atoms with van der Waals surface area (Å²) in [6.45, 7) is 5.10. The summed E-state index contributed by atoms with van der Waals surface area (Å²) in [7, 11) is 2.09. The molecule has 0 fully saturated rings. The summed E-state index contributed by atoms with van der Waals surface area (Å²) in [5.74, 6) is 0. The highest BCUT2D eigenvalue weighted by atomic mass is 16.3. The van der Waals surface area contributed by atoms with Crippen molar-refractivity contribution in [2.24, 2.45) is 0 Å². The number of aliphatic hydroxyl groups is 1. The van der Waals surface area contributed by atoms with Gasteiger partial charge in [-0.25, -0.2) is 0 Å². The maximum atomic E-state index is 10.6. The molecular weight excluding hydrogens is 246 g/mol. The third-order valence-electron chi connectivity index (χ3n) is 4.10. The van der Waals surface area contributed by atoms with Gasteiger partial charge in [-0.05, 0) is 36.7 Å². The lowest BCUT2D eigenvalue weighted by molar-refractivity contribution is 0.107. The first-order valence-corrected chi connectivity index (χ1v) is 7.49. The van der Waals surface area contributed by atoms with E-state index in [4.69, 9.17) is 0 Å². The van der Waals surface area contributed by atoms with Crippen molar-refractivity contribution in [2.45, 2.75) is 38.8 Å². The molecule has 0 radical (unpaired) electrons. The molecule has 0 saturated carbocycles. The van der Waals surface area contributed by atoms with Crippen molar-refractivity contribution in [3.8, 4) is 0 Å². The van der Waals surface area contributed by atoms with Gasteiger partial charge in [0, 0.05) is 12.6 Å². The second-order valence-corrected chi connectivity index (χ2v) is 5.66. The smallest absolute Gasteiger partial charge is 0.0922 e. The molecule has 2 atom stereocenters. The van der Waals surface area contributed by atoms with Gasteiger partial charge >= 0.3 is 0 Å². The molecule has 2 aromatic carbocycles. The van der Waals surface area contributed by atoms with Gasteiger partial charge in [-0.1, -0.05) is 55.8 Å². The monoisotopic (exact) mass is 271 g/mol. The van der Waals surface area contributed by atoms with Crippen LogP contribution in [0.2, 0.25) is 0 Å². The Balaban J connectivity index is 2.17. The van der Waals surface area contributed by atoms with Crippen LogP contribution in [0.5, 0.6) is 0 Å². The van der Waals surface area contributed by atoms with E-state index in [-0.39, 0.29) is 0 Å². The van der Waals surface area contributed by atoms with Crippen molar-refractivity contribution in [1.82, 2.24) is 4.90 Å². The fourth-order valence-corrected chi connectivity index (χ4v) is 2.73. The van der Waals surface area contributed by atoms with E-state index in [9.17, 15) is 5.11 Å². The molecule has 0 spiro atoms. The van der Waals surface area contributed by atoms with Crippen LogP contribution in [0.1, 0.15) is 38.4 Å². The molecule has 0 amide bonds. The first-order valence-electron chi connectivity index (χ1n) is 7.49. The molecule has 0 aliphatic carbocycles. The average molecular weight is 271 g/mol. The van der Waals surface area contributed by atoms with E-state index < -0.39 is 6.10 Å². The Kier molecular flexibility index (Phi) is 5.16. The Hall–Kier alpha value is -1.38. The second kappa shape index (κ2) is 6.87. The van der Waals surface area contributed by atoms with Crippen LogP contribution in [0.15, 0.2) is 42.5 Å². The van der Waals surface area contributed by atoms with E-state index in [1.165, 1.54) is 18.2 Å². The topological polar surface area (TPSA) is 23.5 Å². The summed E-state index contributed by atoms with van der Waals surface area (Å²) >= 11 is 0. The minimum atomic E-state index is -0.439. The normalized spacial score (nSPS) is 14.7. The molecule has 2 nitrogen and oxygen atoms in total. The van der Waals surface area contributed by atoms with Crippen molar-refractivity contribution in [1.29, 1.82) is 0 Å². The first-order chi connectivity index (χ1) is 9.63. The van der Waals surface area contributed by atoms with Crippen molar-refractivity contribution >= 4 is 10.8 Å². The van der Waals surface area contributed by atoms with Gasteiger partial charge in [-0.3, -0.25) is 0 Å². The van der Waals surface area contributed by atoms with Crippen LogP contribution in [0.4, 0.5) is 0 Å². The largest absolute Gasteiger partial charge is 0.387 e. The Bertz CT molecular complexity index is 547. The van der Waals surface area contributed by atoms with E-state index in [1.54, 1.807) is 0 Å². The molecule has 0 saturated heterocycles. The van der Waals surface area contributed by atoms with Crippen LogP contribution in [0, 0.1) is 0 Å². The highest BCUT2D eigenvalue weighted by Crippen LogP contribution is 2.25. The molecule has 2 aromatic rings. The molecule has 108 valence electrons. The Labute approximate surface area is 122 Å². The number of nitrogens with zero attached hydrogens (tertiary/aromatic N) is 1. The summed E-state index contributed by atoms with van der Waals surface area (Å²) < 4.78 is 0. The van der Waals surface area contributed by atoms with Crippen molar-refractivity contribution in [2.75, 3.05) is 13.6 Å². The zero-order valence-electron chi connectivity index (χ0n) is 12.7. The zero-order valence-corrected chi connectivity index (χ0v) is 12.7. The Morgan fingerprint density at radius 3 is 2.55 bits per heavy atom. The van der Waals surface area contributed by atoms with Crippen LogP contribution in [0.25, 0.3) is 10.8 Å². The zero-order chi connectivity index (χ0) is 14.5. The van der Waals surface area contributed by atoms with Gasteiger partial charge in [0.1, 0.15) is 0 Å². The van der Waals surface area contributed by atoms with Crippen LogP contribution < -0.4 is 0 Å². The number of fused-ring (bicyclic) bond motifs is 1. The molecule has 2 heteroatoms. The maximum Gasteiger partial charge on any atom is 0.0922 e. The van der Waals surface area contributed by atoms with Gasteiger partial charge in [0.05, 0.1) is 6.10 Å². The summed E-state index contributed by atoms with van der Waals surface area (Å²) in [6, 6.07) is 14.9. The SMILES string of the molecule is CCCC(C)N(C)CC(O)c1cccc2ccccc12. The van der Waals surface area contributed by atoms with Gasteiger partial charge in [0.15, 0.2) is 0 Å². The first kappa shape index (κ1) is 15.0. The summed E-state index contributed by atoms with van der Waals surface area (Å²) in [4.78, 5) is 2.25. The van der Waals surface area contributed by atoms with Crippen molar-refractivity contribution in [3.05, 3.63) is 48.0 Å². The lowest BCUT2D eigenvalue weighted by atomic mass is 10.00. The number of benzene rings is 2. The van der Waals surface area contributed by atoms with Gasteiger partial charge in [0.25, 0.3) is 0 Å².